The van der Waals surface area contributed by atoms with E-state index in [1.165, 1.54) is 4.88 Å². The number of aromatic nitrogens is 1. The van der Waals surface area contributed by atoms with Crippen LogP contribution >= 0.6 is 11.3 Å². The number of thiazole rings is 1. The zero-order valence-electron chi connectivity index (χ0n) is 14.6. The van der Waals surface area contributed by atoms with Crippen molar-refractivity contribution in [3.8, 4) is 6.07 Å². The molecular weight excluding hydrogens is 332 g/mol. The summed E-state index contributed by atoms with van der Waals surface area (Å²) < 4.78 is 0. The van der Waals surface area contributed by atoms with Gasteiger partial charge < -0.3 is 9.80 Å². The van der Waals surface area contributed by atoms with Gasteiger partial charge in [0.1, 0.15) is 0 Å². The summed E-state index contributed by atoms with van der Waals surface area (Å²) in [6.45, 7) is 5.54. The monoisotopic (exact) mass is 354 g/mol. The van der Waals surface area contributed by atoms with E-state index in [-0.39, 0.29) is 5.91 Å². The molecule has 0 spiro atoms. The van der Waals surface area contributed by atoms with Crippen LogP contribution < -0.4 is 0 Å². The molecule has 0 aliphatic carbocycles. The first kappa shape index (κ1) is 17.6. The van der Waals surface area contributed by atoms with Gasteiger partial charge >= 0.3 is 0 Å². The normalized spacial score (nSPS) is 17.0. The Kier molecular flexibility index (Phi) is 5.47. The van der Waals surface area contributed by atoms with Gasteiger partial charge in [-0.2, -0.15) is 5.26 Å². The quantitative estimate of drug-likeness (QED) is 0.828. The van der Waals surface area contributed by atoms with Crippen molar-refractivity contribution in [3.63, 3.8) is 0 Å². The van der Waals surface area contributed by atoms with Crippen LogP contribution in [0.15, 0.2) is 29.8 Å². The predicted octanol–water partition coefficient (Wildman–Crippen LogP) is 2.92. The van der Waals surface area contributed by atoms with Crippen molar-refractivity contribution in [3.05, 3.63) is 51.5 Å². The number of carbonyl (C=O) groups excluding carboxylic acids is 1. The summed E-state index contributed by atoms with van der Waals surface area (Å²) in [7, 11) is 2.13. The molecule has 0 bridgehead atoms. The number of nitrogens with zero attached hydrogens (tertiary/aromatic N) is 4. The molecule has 1 amide bonds. The minimum Gasteiger partial charge on any atom is -0.338 e. The zero-order valence-corrected chi connectivity index (χ0v) is 15.4. The number of aryl methyl sites for hydroxylation is 1. The van der Waals surface area contributed by atoms with Gasteiger partial charge in [0.2, 0.25) is 0 Å². The Labute approximate surface area is 152 Å². The third kappa shape index (κ3) is 4.25. The molecule has 5 nitrogen and oxygen atoms in total. The molecule has 1 fully saturated rings. The minimum absolute atomic E-state index is 0.0629. The van der Waals surface area contributed by atoms with Crippen LogP contribution in [0.25, 0.3) is 0 Å². The van der Waals surface area contributed by atoms with Crippen LogP contribution in [0, 0.1) is 24.2 Å². The van der Waals surface area contributed by atoms with Gasteiger partial charge in [0.05, 0.1) is 22.8 Å². The third-order valence-electron chi connectivity index (χ3n) is 4.66. The highest BCUT2D eigenvalue weighted by Gasteiger charge is 2.27. The number of nitriles is 1. The van der Waals surface area contributed by atoms with Crippen molar-refractivity contribution in [1.82, 2.24) is 14.8 Å². The molecule has 0 N–H and O–H groups in total. The van der Waals surface area contributed by atoms with Crippen molar-refractivity contribution in [1.29, 1.82) is 5.26 Å². The standard InChI is InChI=1S/C19H22N4OS/c1-14-18(25-13-21-14)12-22(2)10-16-7-8-23(11-16)19(24)17-5-3-15(9-20)4-6-17/h3-6,13,16H,7-8,10-12H2,1-2H3/t16-/m1/s1. The Bertz CT molecular complexity index is 777. The molecule has 1 aromatic carbocycles. The van der Waals surface area contributed by atoms with E-state index in [2.05, 4.69) is 23.0 Å². The second-order valence-corrected chi connectivity index (χ2v) is 7.59. The van der Waals surface area contributed by atoms with Gasteiger partial charge in [-0.15, -0.1) is 11.3 Å². The van der Waals surface area contributed by atoms with Crippen LogP contribution in [0.4, 0.5) is 0 Å². The molecule has 25 heavy (non-hydrogen) atoms. The van der Waals surface area contributed by atoms with Gasteiger partial charge in [0.15, 0.2) is 0 Å². The van der Waals surface area contributed by atoms with Gasteiger partial charge in [-0.25, -0.2) is 4.98 Å². The zero-order chi connectivity index (χ0) is 17.8. The van der Waals surface area contributed by atoms with Crippen molar-refractivity contribution in [2.45, 2.75) is 19.9 Å². The molecule has 1 saturated heterocycles. The van der Waals surface area contributed by atoms with Crippen LogP contribution in [-0.4, -0.2) is 47.4 Å². The SMILES string of the molecule is Cc1ncsc1CN(C)C[C@H]1CCN(C(=O)c2ccc(C#N)cc2)C1. The van der Waals surface area contributed by atoms with Gasteiger partial charge in [0, 0.05) is 36.6 Å². The summed E-state index contributed by atoms with van der Waals surface area (Å²) in [4.78, 5) is 22.5. The number of likely N-dealkylation sites (tertiary alicyclic amines) is 1. The first-order chi connectivity index (χ1) is 12.1. The average Bonchev–Trinajstić information content (AvgIpc) is 3.24. The topological polar surface area (TPSA) is 60.2 Å². The minimum atomic E-state index is 0.0629. The summed E-state index contributed by atoms with van der Waals surface area (Å²) in [5, 5.41) is 8.85. The molecule has 1 aromatic heterocycles. The van der Waals surface area contributed by atoms with E-state index in [4.69, 9.17) is 5.26 Å². The molecule has 0 saturated carbocycles. The Morgan fingerprint density at radius 3 is 2.84 bits per heavy atom. The highest BCUT2D eigenvalue weighted by molar-refractivity contribution is 7.09. The molecule has 0 radical (unpaired) electrons. The number of hydrogen-bond acceptors (Lipinski definition) is 5. The second-order valence-electron chi connectivity index (χ2n) is 6.65. The Hall–Kier alpha value is -2.23. The molecule has 130 valence electrons. The van der Waals surface area contributed by atoms with E-state index in [9.17, 15) is 4.79 Å². The third-order valence-corrected chi connectivity index (χ3v) is 5.58. The van der Waals surface area contributed by atoms with Crippen molar-refractivity contribution < 1.29 is 4.79 Å². The molecule has 2 aromatic rings. The Balaban J connectivity index is 1.53. The number of rotatable bonds is 5. The van der Waals surface area contributed by atoms with Crippen LogP contribution in [-0.2, 0) is 6.54 Å². The van der Waals surface area contributed by atoms with Gasteiger partial charge in [-0.05, 0) is 50.6 Å². The molecule has 1 aliphatic heterocycles. The van der Waals surface area contributed by atoms with E-state index in [0.29, 0.717) is 17.0 Å². The summed E-state index contributed by atoms with van der Waals surface area (Å²) >= 11 is 1.70. The van der Waals surface area contributed by atoms with Gasteiger partial charge in [0.25, 0.3) is 5.91 Å². The van der Waals surface area contributed by atoms with E-state index in [1.807, 2.05) is 17.3 Å². The maximum atomic E-state index is 12.6. The summed E-state index contributed by atoms with van der Waals surface area (Å²) in [6, 6.07) is 8.97. The van der Waals surface area contributed by atoms with Gasteiger partial charge in [-0.3, -0.25) is 4.79 Å². The van der Waals surface area contributed by atoms with Crippen molar-refractivity contribution in [2.75, 3.05) is 26.7 Å². The van der Waals surface area contributed by atoms with Crippen LogP contribution in [0.2, 0.25) is 0 Å². The van der Waals surface area contributed by atoms with E-state index in [1.54, 1.807) is 35.6 Å². The smallest absolute Gasteiger partial charge is 0.253 e. The number of carbonyl (C=O) groups is 1. The summed E-state index contributed by atoms with van der Waals surface area (Å²) in [6.07, 6.45) is 1.04. The van der Waals surface area contributed by atoms with E-state index >= 15 is 0 Å². The number of hydrogen-bond donors (Lipinski definition) is 0. The lowest BCUT2D eigenvalue weighted by atomic mass is 10.1. The Morgan fingerprint density at radius 1 is 1.44 bits per heavy atom. The van der Waals surface area contributed by atoms with E-state index < -0.39 is 0 Å². The van der Waals surface area contributed by atoms with Crippen LogP contribution in [0.5, 0.6) is 0 Å². The fourth-order valence-corrected chi connectivity index (χ4v) is 4.12. The highest BCUT2D eigenvalue weighted by atomic mass is 32.1. The molecule has 2 heterocycles. The average molecular weight is 354 g/mol. The first-order valence-corrected chi connectivity index (χ1v) is 9.31. The lowest BCUT2D eigenvalue weighted by Gasteiger charge is -2.21. The fourth-order valence-electron chi connectivity index (χ4n) is 3.26. The van der Waals surface area contributed by atoms with Crippen LogP contribution in [0.3, 0.4) is 0 Å². The summed E-state index contributed by atoms with van der Waals surface area (Å²) in [5.41, 5.74) is 4.25. The Morgan fingerprint density at radius 2 is 2.20 bits per heavy atom. The second kappa shape index (κ2) is 7.77. The lowest BCUT2D eigenvalue weighted by Crippen LogP contribution is -2.31. The molecule has 6 heteroatoms. The predicted molar refractivity (Wildman–Crippen MR) is 98.4 cm³/mol. The summed E-state index contributed by atoms with van der Waals surface area (Å²) in [5.74, 6) is 0.563. The van der Waals surface area contributed by atoms with Crippen LogP contribution in [0.1, 0.15) is 32.9 Å². The molecular formula is C19H22N4OS. The van der Waals surface area contributed by atoms with E-state index in [0.717, 1.165) is 38.3 Å². The molecule has 1 aliphatic rings. The maximum Gasteiger partial charge on any atom is 0.253 e. The fraction of sp³-hybridized carbons (Fsp3) is 0.421. The lowest BCUT2D eigenvalue weighted by molar-refractivity contribution is 0.0784. The number of amides is 1. The van der Waals surface area contributed by atoms with Gasteiger partial charge in [-0.1, -0.05) is 0 Å². The molecule has 1 atom stereocenters. The first-order valence-electron chi connectivity index (χ1n) is 8.43. The van der Waals surface area contributed by atoms with Crippen molar-refractivity contribution >= 4 is 17.2 Å². The number of benzene rings is 1. The molecule has 3 rings (SSSR count). The van der Waals surface area contributed by atoms with Crippen molar-refractivity contribution in [2.24, 2.45) is 5.92 Å². The highest BCUT2D eigenvalue weighted by Crippen LogP contribution is 2.21. The molecule has 0 unspecified atom stereocenters. The largest absolute Gasteiger partial charge is 0.338 e. The maximum absolute atomic E-state index is 12.6.